The maximum atomic E-state index is 12.2. The molecule has 108 valence electrons. The maximum Gasteiger partial charge on any atom is 0.337 e. The van der Waals surface area contributed by atoms with Gasteiger partial charge in [-0.3, -0.25) is 4.79 Å². The molecule has 2 aromatic rings. The summed E-state index contributed by atoms with van der Waals surface area (Å²) in [5.74, 6) is -1.64. The van der Waals surface area contributed by atoms with Gasteiger partial charge in [0.05, 0.1) is 11.3 Å². The number of anilines is 1. The van der Waals surface area contributed by atoms with Gasteiger partial charge in [-0.25, -0.2) is 9.78 Å². The Balaban J connectivity index is 2.39. The summed E-state index contributed by atoms with van der Waals surface area (Å²) in [6.45, 7) is 0. The summed E-state index contributed by atoms with van der Waals surface area (Å²) in [6.07, 6.45) is 0. The SMILES string of the molecule is O=C(Nc1c(Br)cc(Br)cc1C(=O)O)c1cccc(Br)n1. The first-order valence-electron chi connectivity index (χ1n) is 5.54. The lowest BCUT2D eigenvalue weighted by Gasteiger charge is -2.11. The minimum atomic E-state index is -1.14. The van der Waals surface area contributed by atoms with Crippen LogP contribution in [0.15, 0.2) is 43.9 Å². The molecule has 1 aromatic heterocycles. The molecule has 0 unspecified atom stereocenters. The molecule has 1 heterocycles. The molecule has 21 heavy (non-hydrogen) atoms. The monoisotopic (exact) mass is 476 g/mol. The number of halogens is 3. The minimum absolute atomic E-state index is 0.0282. The summed E-state index contributed by atoms with van der Waals surface area (Å²) >= 11 is 9.63. The van der Waals surface area contributed by atoms with Gasteiger partial charge < -0.3 is 10.4 Å². The highest BCUT2D eigenvalue weighted by Gasteiger charge is 2.18. The third-order valence-corrected chi connectivity index (χ3v) is 4.00. The third-order valence-electron chi connectivity index (χ3n) is 2.47. The Labute approximate surface area is 145 Å². The van der Waals surface area contributed by atoms with E-state index >= 15 is 0 Å². The Kier molecular flexibility index (Phi) is 5.13. The van der Waals surface area contributed by atoms with E-state index in [2.05, 4.69) is 58.1 Å². The normalized spacial score (nSPS) is 10.2. The van der Waals surface area contributed by atoms with Crippen molar-refractivity contribution in [3.63, 3.8) is 0 Å². The van der Waals surface area contributed by atoms with Crippen LogP contribution in [0.1, 0.15) is 20.8 Å². The molecule has 0 atom stereocenters. The van der Waals surface area contributed by atoms with E-state index in [1.165, 1.54) is 12.1 Å². The van der Waals surface area contributed by atoms with Crippen molar-refractivity contribution < 1.29 is 14.7 Å². The summed E-state index contributed by atoms with van der Waals surface area (Å²) in [5.41, 5.74) is 0.326. The molecule has 5 nitrogen and oxygen atoms in total. The van der Waals surface area contributed by atoms with Gasteiger partial charge in [0.15, 0.2) is 0 Å². The number of carboxylic acid groups (broad SMARTS) is 1. The van der Waals surface area contributed by atoms with Crippen LogP contribution >= 0.6 is 47.8 Å². The van der Waals surface area contributed by atoms with Gasteiger partial charge in [0.25, 0.3) is 5.91 Å². The van der Waals surface area contributed by atoms with Crippen molar-refractivity contribution in [1.82, 2.24) is 4.98 Å². The number of carbonyl (C=O) groups excluding carboxylic acids is 1. The molecule has 0 aliphatic rings. The zero-order valence-electron chi connectivity index (χ0n) is 10.2. The molecular weight excluding hydrogens is 472 g/mol. The second-order valence-electron chi connectivity index (χ2n) is 3.92. The Morgan fingerprint density at radius 2 is 1.86 bits per heavy atom. The number of rotatable bonds is 3. The molecular formula is C13H7Br3N2O3. The first kappa shape index (κ1) is 16.1. The van der Waals surface area contributed by atoms with Crippen LogP contribution in [0.3, 0.4) is 0 Å². The van der Waals surface area contributed by atoms with Crippen molar-refractivity contribution in [3.8, 4) is 0 Å². The third kappa shape index (κ3) is 3.90. The van der Waals surface area contributed by atoms with Crippen LogP contribution in [0.4, 0.5) is 5.69 Å². The molecule has 0 radical (unpaired) electrons. The van der Waals surface area contributed by atoms with Gasteiger partial charge in [-0.2, -0.15) is 0 Å². The molecule has 0 aliphatic carbocycles. The first-order valence-corrected chi connectivity index (χ1v) is 7.92. The Morgan fingerprint density at radius 3 is 2.48 bits per heavy atom. The van der Waals surface area contributed by atoms with Gasteiger partial charge in [-0.1, -0.05) is 22.0 Å². The summed E-state index contributed by atoms with van der Waals surface area (Å²) in [4.78, 5) is 27.5. The fourth-order valence-corrected chi connectivity index (χ4v) is 3.25. The summed E-state index contributed by atoms with van der Waals surface area (Å²) in [5, 5.41) is 11.8. The molecule has 1 aromatic carbocycles. The van der Waals surface area contributed by atoms with E-state index in [0.717, 1.165) is 0 Å². The lowest BCUT2D eigenvalue weighted by molar-refractivity contribution is 0.0698. The van der Waals surface area contributed by atoms with Crippen LogP contribution in [-0.4, -0.2) is 22.0 Å². The number of hydrogen-bond donors (Lipinski definition) is 2. The standard InChI is InChI=1S/C13H7Br3N2O3/c14-6-4-7(13(20)21)11(8(15)5-6)18-12(19)9-2-1-3-10(16)17-9/h1-5H,(H,18,19)(H,20,21). The number of nitrogens with one attached hydrogen (secondary N) is 1. The van der Waals surface area contributed by atoms with Crippen molar-refractivity contribution in [3.05, 3.63) is 55.1 Å². The topological polar surface area (TPSA) is 79.3 Å². The predicted molar refractivity (Wildman–Crippen MR) is 88.7 cm³/mol. The van der Waals surface area contributed by atoms with Crippen molar-refractivity contribution in [2.45, 2.75) is 0 Å². The van der Waals surface area contributed by atoms with Crippen LogP contribution in [0, 0.1) is 0 Å². The van der Waals surface area contributed by atoms with Crippen LogP contribution < -0.4 is 5.32 Å². The van der Waals surface area contributed by atoms with Crippen molar-refractivity contribution in [2.24, 2.45) is 0 Å². The van der Waals surface area contributed by atoms with Crippen molar-refractivity contribution >= 4 is 65.4 Å². The van der Waals surface area contributed by atoms with Gasteiger partial charge in [0.2, 0.25) is 0 Å². The van der Waals surface area contributed by atoms with Gasteiger partial charge in [-0.05, 0) is 56.1 Å². The summed E-state index contributed by atoms with van der Waals surface area (Å²) in [7, 11) is 0. The molecule has 0 bridgehead atoms. The van der Waals surface area contributed by atoms with Crippen LogP contribution in [0.2, 0.25) is 0 Å². The molecule has 8 heteroatoms. The molecule has 0 saturated heterocycles. The van der Waals surface area contributed by atoms with Gasteiger partial charge in [0.1, 0.15) is 10.3 Å². The maximum absolute atomic E-state index is 12.2. The molecule has 2 N–H and O–H groups in total. The molecule has 0 aliphatic heterocycles. The quantitative estimate of drug-likeness (QED) is 0.644. The molecule has 2 rings (SSSR count). The van der Waals surface area contributed by atoms with E-state index in [4.69, 9.17) is 0 Å². The number of hydrogen-bond acceptors (Lipinski definition) is 3. The van der Waals surface area contributed by atoms with E-state index in [-0.39, 0.29) is 16.9 Å². The second kappa shape index (κ2) is 6.67. The number of carbonyl (C=O) groups is 2. The Hall–Kier alpha value is -1.25. The van der Waals surface area contributed by atoms with E-state index in [1.807, 2.05) is 0 Å². The van der Waals surface area contributed by atoms with Crippen molar-refractivity contribution in [1.29, 1.82) is 0 Å². The van der Waals surface area contributed by atoms with Crippen LogP contribution in [0.5, 0.6) is 0 Å². The number of carboxylic acids is 1. The zero-order valence-corrected chi connectivity index (χ0v) is 15.0. The van der Waals surface area contributed by atoms with Gasteiger partial charge in [-0.15, -0.1) is 0 Å². The van der Waals surface area contributed by atoms with Crippen LogP contribution in [0.25, 0.3) is 0 Å². The zero-order chi connectivity index (χ0) is 15.6. The number of amides is 1. The lowest BCUT2D eigenvalue weighted by atomic mass is 10.1. The van der Waals surface area contributed by atoms with Gasteiger partial charge in [0, 0.05) is 8.95 Å². The number of aromatic carboxylic acids is 1. The lowest BCUT2D eigenvalue weighted by Crippen LogP contribution is -2.16. The minimum Gasteiger partial charge on any atom is -0.478 e. The number of pyridine rings is 1. The first-order chi connectivity index (χ1) is 9.88. The average molecular weight is 479 g/mol. The molecule has 0 spiro atoms. The number of benzene rings is 1. The Bertz CT molecular complexity index is 735. The van der Waals surface area contributed by atoms with E-state index in [0.29, 0.717) is 13.5 Å². The fourth-order valence-electron chi connectivity index (χ4n) is 1.58. The van der Waals surface area contributed by atoms with E-state index < -0.39 is 11.9 Å². The predicted octanol–water partition coefficient (Wildman–Crippen LogP) is 4.32. The summed E-state index contributed by atoms with van der Waals surface area (Å²) < 4.78 is 1.56. The smallest absolute Gasteiger partial charge is 0.337 e. The highest BCUT2D eigenvalue weighted by atomic mass is 79.9. The summed E-state index contributed by atoms with van der Waals surface area (Å²) in [6, 6.07) is 7.95. The van der Waals surface area contributed by atoms with Crippen LogP contribution in [-0.2, 0) is 0 Å². The average Bonchev–Trinajstić information content (AvgIpc) is 2.41. The van der Waals surface area contributed by atoms with Crippen molar-refractivity contribution in [2.75, 3.05) is 5.32 Å². The second-order valence-corrected chi connectivity index (χ2v) is 6.50. The molecule has 1 amide bonds. The number of nitrogens with zero attached hydrogens (tertiary/aromatic N) is 1. The Morgan fingerprint density at radius 1 is 1.14 bits per heavy atom. The molecule has 0 fully saturated rings. The highest BCUT2D eigenvalue weighted by Crippen LogP contribution is 2.31. The largest absolute Gasteiger partial charge is 0.478 e. The number of aromatic nitrogens is 1. The molecule has 0 saturated carbocycles. The van der Waals surface area contributed by atoms with E-state index in [9.17, 15) is 14.7 Å². The van der Waals surface area contributed by atoms with E-state index in [1.54, 1.807) is 18.2 Å². The van der Waals surface area contributed by atoms with Gasteiger partial charge >= 0.3 is 5.97 Å². The fraction of sp³-hybridized carbons (Fsp3) is 0. The highest BCUT2D eigenvalue weighted by molar-refractivity contribution is 9.11.